The van der Waals surface area contributed by atoms with Crippen molar-refractivity contribution in [3.05, 3.63) is 67.0 Å². The molecule has 2 aromatic heterocycles. The molecule has 0 spiro atoms. The van der Waals surface area contributed by atoms with Crippen molar-refractivity contribution in [1.82, 2.24) is 10.1 Å². The van der Waals surface area contributed by atoms with Crippen LogP contribution < -0.4 is 4.74 Å². The van der Waals surface area contributed by atoms with Crippen molar-refractivity contribution >= 4 is 10.9 Å². The smallest absolute Gasteiger partial charge is 0.175 e. The molecule has 0 fully saturated rings. The number of hydrogen-bond donors (Lipinski definition) is 0. The minimum Gasteiger partial charge on any atom is -0.494 e. The van der Waals surface area contributed by atoms with Crippen LogP contribution in [0.1, 0.15) is 13.3 Å². The summed E-state index contributed by atoms with van der Waals surface area (Å²) in [5.41, 5.74) is 3.93. The summed E-state index contributed by atoms with van der Waals surface area (Å²) in [7, 11) is 0. The molecule has 0 radical (unpaired) electrons. The maximum atomic E-state index is 5.65. The average molecular weight is 330 g/mol. The highest BCUT2D eigenvalue weighted by Gasteiger charge is 2.15. The van der Waals surface area contributed by atoms with Gasteiger partial charge in [0.2, 0.25) is 0 Å². The molecule has 0 atom stereocenters. The molecule has 4 heteroatoms. The molecule has 0 bridgehead atoms. The van der Waals surface area contributed by atoms with Crippen molar-refractivity contribution in [3.8, 4) is 28.2 Å². The first-order valence-corrected chi connectivity index (χ1v) is 8.39. The van der Waals surface area contributed by atoms with Crippen molar-refractivity contribution in [1.29, 1.82) is 0 Å². The standard InChI is InChI=1S/C21H18N2O2/c1-2-13-24-16-9-7-15(8-10-16)19-14-23-25-21(19)18-11-12-22-20-6-4-3-5-17(18)20/h3-12,14H,2,13H2,1H3. The van der Waals surface area contributed by atoms with Gasteiger partial charge >= 0.3 is 0 Å². The monoisotopic (exact) mass is 330 g/mol. The number of fused-ring (bicyclic) bond motifs is 1. The fourth-order valence-corrected chi connectivity index (χ4v) is 2.88. The molecule has 124 valence electrons. The highest BCUT2D eigenvalue weighted by Crippen LogP contribution is 2.35. The summed E-state index contributed by atoms with van der Waals surface area (Å²) in [6, 6.07) is 18.0. The lowest BCUT2D eigenvalue weighted by atomic mass is 10.00. The van der Waals surface area contributed by atoms with Gasteiger partial charge in [0, 0.05) is 22.7 Å². The molecule has 0 aliphatic carbocycles. The van der Waals surface area contributed by atoms with Gasteiger partial charge in [-0.1, -0.05) is 42.4 Å². The zero-order valence-corrected chi connectivity index (χ0v) is 14.0. The van der Waals surface area contributed by atoms with Crippen LogP contribution in [-0.4, -0.2) is 16.7 Å². The van der Waals surface area contributed by atoms with Crippen LogP contribution in [0.15, 0.2) is 71.5 Å². The summed E-state index contributed by atoms with van der Waals surface area (Å²) in [5, 5.41) is 5.07. The van der Waals surface area contributed by atoms with E-state index in [-0.39, 0.29) is 0 Å². The number of para-hydroxylation sites is 1. The Labute approximate surface area is 146 Å². The van der Waals surface area contributed by atoms with Crippen LogP contribution in [-0.2, 0) is 0 Å². The third-order valence-corrected chi connectivity index (χ3v) is 4.10. The Kier molecular flexibility index (Phi) is 4.17. The van der Waals surface area contributed by atoms with Crippen LogP contribution in [0.3, 0.4) is 0 Å². The van der Waals surface area contributed by atoms with Crippen molar-refractivity contribution in [2.24, 2.45) is 0 Å². The van der Waals surface area contributed by atoms with Crippen LogP contribution in [0.4, 0.5) is 0 Å². The number of benzene rings is 2. The summed E-state index contributed by atoms with van der Waals surface area (Å²) >= 11 is 0. The molecule has 2 heterocycles. The SMILES string of the molecule is CCCOc1ccc(-c2cnoc2-c2ccnc3ccccc23)cc1. The van der Waals surface area contributed by atoms with E-state index in [9.17, 15) is 0 Å². The summed E-state index contributed by atoms with van der Waals surface area (Å²) in [6.45, 7) is 2.82. The molecule has 0 saturated heterocycles. The van der Waals surface area contributed by atoms with Gasteiger partial charge in [-0.05, 0) is 36.2 Å². The Morgan fingerprint density at radius 1 is 0.960 bits per heavy atom. The number of pyridine rings is 1. The molecule has 0 aliphatic rings. The Bertz CT molecular complexity index is 985. The van der Waals surface area contributed by atoms with E-state index in [0.29, 0.717) is 0 Å². The predicted molar refractivity (Wildman–Crippen MR) is 98.5 cm³/mol. The first-order valence-electron chi connectivity index (χ1n) is 8.39. The lowest BCUT2D eigenvalue weighted by molar-refractivity contribution is 0.317. The van der Waals surface area contributed by atoms with Gasteiger partial charge in [-0.15, -0.1) is 0 Å². The highest BCUT2D eigenvalue weighted by molar-refractivity contribution is 5.96. The van der Waals surface area contributed by atoms with Gasteiger partial charge in [0.25, 0.3) is 0 Å². The number of hydrogen-bond acceptors (Lipinski definition) is 4. The minimum atomic E-state index is 0.723. The second kappa shape index (κ2) is 6.77. The molecule has 25 heavy (non-hydrogen) atoms. The van der Waals surface area contributed by atoms with E-state index in [4.69, 9.17) is 9.26 Å². The van der Waals surface area contributed by atoms with Gasteiger partial charge in [-0.2, -0.15) is 0 Å². The van der Waals surface area contributed by atoms with Crippen molar-refractivity contribution in [3.63, 3.8) is 0 Å². The topological polar surface area (TPSA) is 48.2 Å². The minimum absolute atomic E-state index is 0.723. The number of ether oxygens (including phenoxy) is 1. The van der Waals surface area contributed by atoms with Crippen molar-refractivity contribution in [2.75, 3.05) is 6.61 Å². The fraction of sp³-hybridized carbons (Fsp3) is 0.143. The third kappa shape index (κ3) is 2.98. The van der Waals surface area contributed by atoms with Gasteiger partial charge in [0.05, 0.1) is 18.3 Å². The summed E-state index contributed by atoms with van der Waals surface area (Å²) in [6.07, 6.45) is 4.55. The molecule has 4 nitrogen and oxygen atoms in total. The molecule has 0 saturated carbocycles. The summed E-state index contributed by atoms with van der Waals surface area (Å²) in [4.78, 5) is 4.42. The quantitative estimate of drug-likeness (QED) is 0.495. The first kappa shape index (κ1) is 15.4. The van der Waals surface area contributed by atoms with Gasteiger partial charge in [-0.3, -0.25) is 4.98 Å². The van der Waals surface area contributed by atoms with Gasteiger partial charge in [-0.25, -0.2) is 0 Å². The van der Waals surface area contributed by atoms with E-state index in [2.05, 4.69) is 17.1 Å². The van der Waals surface area contributed by atoms with Crippen molar-refractivity contribution in [2.45, 2.75) is 13.3 Å². The van der Waals surface area contributed by atoms with Crippen LogP contribution >= 0.6 is 0 Å². The van der Waals surface area contributed by atoms with Crippen molar-refractivity contribution < 1.29 is 9.26 Å². The Balaban J connectivity index is 1.75. The van der Waals surface area contributed by atoms with Gasteiger partial charge in [0.1, 0.15) is 5.75 Å². The normalized spacial score (nSPS) is 10.9. The Morgan fingerprint density at radius 2 is 1.80 bits per heavy atom. The molecule has 4 aromatic rings. The number of nitrogens with zero attached hydrogens (tertiary/aromatic N) is 2. The van der Waals surface area contributed by atoms with E-state index < -0.39 is 0 Å². The van der Waals surface area contributed by atoms with E-state index in [1.54, 1.807) is 12.4 Å². The van der Waals surface area contributed by atoms with E-state index in [0.717, 1.165) is 52.1 Å². The second-order valence-corrected chi connectivity index (χ2v) is 5.82. The van der Waals surface area contributed by atoms with Crippen LogP contribution in [0.5, 0.6) is 5.75 Å². The average Bonchev–Trinajstić information content (AvgIpc) is 3.16. The third-order valence-electron chi connectivity index (χ3n) is 4.10. The molecule has 4 rings (SSSR count). The molecule has 2 aromatic carbocycles. The molecule has 0 aliphatic heterocycles. The summed E-state index contributed by atoms with van der Waals surface area (Å²) < 4.78 is 11.3. The lowest BCUT2D eigenvalue weighted by Gasteiger charge is -2.07. The summed E-state index contributed by atoms with van der Waals surface area (Å²) in [5.74, 6) is 1.62. The zero-order chi connectivity index (χ0) is 17.1. The molecular formula is C21H18N2O2. The van der Waals surface area contributed by atoms with E-state index >= 15 is 0 Å². The second-order valence-electron chi connectivity index (χ2n) is 5.82. The van der Waals surface area contributed by atoms with E-state index in [1.165, 1.54) is 0 Å². The number of rotatable bonds is 5. The Hall–Kier alpha value is -3.14. The first-order chi connectivity index (χ1) is 12.4. The molecule has 0 N–H and O–H groups in total. The zero-order valence-electron chi connectivity index (χ0n) is 14.0. The number of aromatic nitrogens is 2. The van der Waals surface area contributed by atoms with Gasteiger partial charge in [0.15, 0.2) is 5.76 Å². The van der Waals surface area contributed by atoms with Crippen LogP contribution in [0, 0.1) is 0 Å². The maximum Gasteiger partial charge on any atom is 0.175 e. The van der Waals surface area contributed by atoms with Crippen LogP contribution in [0.2, 0.25) is 0 Å². The van der Waals surface area contributed by atoms with E-state index in [1.807, 2.05) is 54.6 Å². The lowest BCUT2D eigenvalue weighted by Crippen LogP contribution is -1.94. The molecule has 0 unspecified atom stereocenters. The van der Waals surface area contributed by atoms with Gasteiger partial charge < -0.3 is 9.26 Å². The van der Waals surface area contributed by atoms with Crippen LogP contribution in [0.25, 0.3) is 33.4 Å². The highest BCUT2D eigenvalue weighted by atomic mass is 16.5. The molecule has 0 amide bonds. The Morgan fingerprint density at radius 3 is 2.64 bits per heavy atom. The molecular weight excluding hydrogens is 312 g/mol. The predicted octanol–water partition coefficient (Wildman–Crippen LogP) is 5.35. The fourth-order valence-electron chi connectivity index (χ4n) is 2.88. The largest absolute Gasteiger partial charge is 0.494 e. The maximum absolute atomic E-state index is 5.65.